The zero-order valence-corrected chi connectivity index (χ0v) is 13.2. The Balaban J connectivity index is 1.73. The number of imide groups is 1. The molecule has 1 aromatic heterocycles. The predicted octanol–water partition coefficient (Wildman–Crippen LogP) is 2.15. The molecule has 2 heterocycles. The third kappa shape index (κ3) is 2.81. The van der Waals surface area contributed by atoms with Crippen LogP contribution in [0.2, 0.25) is 0 Å². The Kier molecular flexibility index (Phi) is 3.73. The molecule has 6 nitrogen and oxygen atoms in total. The summed E-state index contributed by atoms with van der Waals surface area (Å²) in [7, 11) is 0. The summed E-state index contributed by atoms with van der Waals surface area (Å²) >= 11 is 4.73. The highest BCUT2D eigenvalue weighted by atomic mass is 79.9. The van der Waals surface area contributed by atoms with Crippen molar-refractivity contribution in [2.24, 2.45) is 0 Å². The lowest BCUT2D eigenvalue weighted by atomic mass is 10.3. The second kappa shape index (κ2) is 5.53. The molecule has 1 N–H and O–H groups in total. The van der Waals surface area contributed by atoms with E-state index in [4.69, 9.17) is 0 Å². The number of fused-ring (bicyclic) bond motifs is 1. The lowest BCUT2D eigenvalue weighted by Gasteiger charge is -2.12. The van der Waals surface area contributed by atoms with E-state index in [2.05, 4.69) is 26.2 Å². The molecule has 0 radical (unpaired) electrons. The van der Waals surface area contributed by atoms with E-state index in [1.165, 1.54) is 11.3 Å². The molecule has 0 atom stereocenters. The number of carbonyl (C=O) groups is 3. The van der Waals surface area contributed by atoms with Crippen LogP contribution in [0.4, 0.5) is 5.13 Å². The Hall–Kier alpha value is -1.80. The standard InChI is InChI=1S/C13H10BrN3O3S/c14-7-2-1-3-8-12(7)16-13(21-8)15-9(18)6-17-10(19)4-5-11(17)20/h1-3H,4-6H2,(H,15,16,18). The van der Waals surface area contributed by atoms with Crippen molar-refractivity contribution in [3.05, 3.63) is 22.7 Å². The molecule has 0 aliphatic carbocycles. The number of para-hydroxylation sites is 1. The number of thiazole rings is 1. The summed E-state index contributed by atoms with van der Waals surface area (Å²) in [5.74, 6) is -1.03. The predicted molar refractivity (Wildman–Crippen MR) is 81.9 cm³/mol. The van der Waals surface area contributed by atoms with Crippen LogP contribution in [0, 0.1) is 0 Å². The second-order valence-corrected chi connectivity index (χ2v) is 6.41. The molecule has 3 amide bonds. The highest BCUT2D eigenvalue weighted by molar-refractivity contribution is 9.10. The van der Waals surface area contributed by atoms with Gasteiger partial charge in [0.05, 0.1) is 10.2 Å². The average Bonchev–Trinajstić information content (AvgIpc) is 2.97. The summed E-state index contributed by atoms with van der Waals surface area (Å²) in [6.07, 6.45) is 0.362. The largest absolute Gasteiger partial charge is 0.300 e. The maximum Gasteiger partial charge on any atom is 0.246 e. The van der Waals surface area contributed by atoms with Gasteiger partial charge in [0.15, 0.2) is 5.13 Å². The average molecular weight is 368 g/mol. The summed E-state index contributed by atoms with van der Waals surface area (Å²) in [5.41, 5.74) is 0.770. The molecule has 2 aromatic rings. The minimum Gasteiger partial charge on any atom is -0.300 e. The van der Waals surface area contributed by atoms with Crippen LogP contribution >= 0.6 is 27.3 Å². The number of amides is 3. The van der Waals surface area contributed by atoms with Crippen molar-refractivity contribution < 1.29 is 14.4 Å². The van der Waals surface area contributed by atoms with Crippen LogP contribution in [0.1, 0.15) is 12.8 Å². The minimum atomic E-state index is -0.422. The van der Waals surface area contributed by atoms with Gasteiger partial charge in [0.1, 0.15) is 6.54 Å². The SMILES string of the molecule is O=C(CN1C(=O)CCC1=O)Nc1nc2c(Br)cccc2s1. The zero-order valence-electron chi connectivity index (χ0n) is 10.8. The van der Waals surface area contributed by atoms with Crippen molar-refractivity contribution in [2.75, 3.05) is 11.9 Å². The van der Waals surface area contributed by atoms with Gasteiger partial charge in [-0.2, -0.15) is 0 Å². The number of halogens is 1. The summed E-state index contributed by atoms with van der Waals surface area (Å²) in [4.78, 5) is 40.1. The maximum atomic E-state index is 11.9. The van der Waals surface area contributed by atoms with Crippen molar-refractivity contribution in [3.63, 3.8) is 0 Å². The van der Waals surface area contributed by atoms with E-state index in [1.54, 1.807) is 0 Å². The van der Waals surface area contributed by atoms with Crippen LogP contribution < -0.4 is 5.32 Å². The summed E-state index contributed by atoms with van der Waals surface area (Å²) in [5, 5.41) is 3.07. The van der Waals surface area contributed by atoms with E-state index in [1.807, 2.05) is 18.2 Å². The number of hydrogen-bond acceptors (Lipinski definition) is 5. The summed E-state index contributed by atoms with van der Waals surface area (Å²) < 4.78 is 1.79. The van der Waals surface area contributed by atoms with Crippen LogP contribution in [0.5, 0.6) is 0 Å². The van der Waals surface area contributed by atoms with E-state index in [0.717, 1.165) is 19.6 Å². The normalized spacial score (nSPS) is 15.0. The fourth-order valence-electron chi connectivity index (χ4n) is 2.07. The number of rotatable bonds is 3. The first-order chi connectivity index (χ1) is 10.0. The zero-order chi connectivity index (χ0) is 15.0. The first-order valence-corrected chi connectivity index (χ1v) is 7.83. The highest BCUT2D eigenvalue weighted by Gasteiger charge is 2.30. The Bertz CT molecular complexity index is 742. The third-order valence-corrected chi connectivity index (χ3v) is 4.65. The molecule has 0 bridgehead atoms. The van der Waals surface area contributed by atoms with E-state index in [0.29, 0.717) is 5.13 Å². The van der Waals surface area contributed by atoms with Crippen LogP contribution in [0.3, 0.4) is 0 Å². The molecule has 1 fully saturated rings. The topological polar surface area (TPSA) is 79.4 Å². The second-order valence-electron chi connectivity index (χ2n) is 4.53. The van der Waals surface area contributed by atoms with Gasteiger partial charge in [-0.15, -0.1) is 0 Å². The van der Waals surface area contributed by atoms with Gasteiger partial charge in [0.25, 0.3) is 0 Å². The summed E-state index contributed by atoms with van der Waals surface area (Å²) in [6, 6.07) is 5.66. The van der Waals surface area contributed by atoms with Gasteiger partial charge in [0, 0.05) is 17.3 Å². The third-order valence-electron chi connectivity index (χ3n) is 3.07. The smallest absolute Gasteiger partial charge is 0.246 e. The fraction of sp³-hybridized carbons (Fsp3) is 0.231. The lowest BCUT2D eigenvalue weighted by Crippen LogP contribution is -2.36. The molecular weight excluding hydrogens is 358 g/mol. The number of hydrogen-bond donors (Lipinski definition) is 1. The molecule has 8 heteroatoms. The van der Waals surface area contributed by atoms with E-state index in [-0.39, 0.29) is 31.2 Å². The maximum absolute atomic E-state index is 11.9. The Morgan fingerprint density at radius 2 is 2.05 bits per heavy atom. The van der Waals surface area contributed by atoms with Gasteiger partial charge in [-0.1, -0.05) is 17.4 Å². The molecule has 1 aromatic carbocycles. The number of carbonyl (C=O) groups excluding carboxylic acids is 3. The van der Waals surface area contributed by atoms with Crippen molar-refractivity contribution >= 4 is 60.3 Å². The van der Waals surface area contributed by atoms with E-state index < -0.39 is 5.91 Å². The van der Waals surface area contributed by atoms with E-state index >= 15 is 0 Å². The highest BCUT2D eigenvalue weighted by Crippen LogP contribution is 2.30. The molecule has 108 valence electrons. The van der Waals surface area contributed by atoms with Crippen molar-refractivity contribution in [1.82, 2.24) is 9.88 Å². The number of benzene rings is 1. The molecule has 1 aliphatic heterocycles. The van der Waals surface area contributed by atoms with Gasteiger partial charge >= 0.3 is 0 Å². The Morgan fingerprint density at radius 1 is 1.33 bits per heavy atom. The van der Waals surface area contributed by atoms with Crippen molar-refractivity contribution in [2.45, 2.75) is 12.8 Å². The van der Waals surface area contributed by atoms with Gasteiger partial charge in [-0.05, 0) is 28.1 Å². The van der Waals surface area contributed by atoms with E-state index in [9.17, 15) is 14.4 Å². The van der Waals surface area contributed by atoms with Crippen LogP contribution in [0.15, 0.2) is 22.7 Å². The van der Waals surface area contributed by atoms with Crippen LogP contribution in [-0.4, -0.2) is 34.2 Å². The Morgan fingerprint density at radius 3 is 2.71 bits per heavy atom. The van der Waals surface area contributed by atoms with Gasteiger partial charge in [0.2, 0.25) is 17.7 Å². The van der Waals surface area contributed by atoms with Gasteiger partial charge < -0.3 is 5.32 Å². The van der Waals surface area contributed by atoms with Crippen molar-refractivity contribution in [3.8, 4) is 0 Å². The quantitative estimate of drug-likeness (QED) is 0.842. The molecular formula is C13H10BrN3O3S. The summed E-state index contributed by atoms with van der Waals surface area (Å²) in [6.45, 7) is -0.255. The Labute approximate surface area is 132 Å². The molecule has 0 spiro atoms. The molecule has 21 heavy (non-hydrogen) atoms. The van der Waals surface area contributed by atoms with Crippen LogP contribution in [0.25, 0.3) is 10.2 Å². The first kappa shape index (κ1) is 14.2. The van der Waals surface area contributed by atoms with Gasteiger partial charge in [-0.3, -0.25) is 19.3 Å². The molecule has 0 unspecified atom stereocenters. The molecule has 1 saturated heterocycles. The number of nitrogens with zero attached hydrogens (tertiary/aromatic N) is 2. The van der Waals surface area contributed by atoms with Crippen LogP contribution in [-0.2, 0) is 14.4 Å². The monoisotopic (exact) mass is 367 g/mol. The fourth-order valence-corrected chi connectivity index (χ4v) is 3.57. The number of anilines is 1. The van der Waals surface area contributed by atoms with Gasteiger partial charge in [-0.25, -0.2) is 4.98 Å². The lowest BCUT2D eigenvalue weighted by molar-refractivity contribution is -0.141. The van der Waals surface area contributed by atoms with Crippen molar-refractivity contribution in [1.29, 1.82) is 0 Å². The number of nitrogens with one attached hydrogen (secondary N) is 1. The minimum absolute atomic E-state index is 0.181. The molecule has 0 saturated carbocycles. The first-order valence-electron chi connectivity index (χ1n) is 6.22. The number of aromatic nitrogens is 1. The molecule has 1 aliphatic rings. The molecule has 3 rings (SSSR count). The number of likely N-dealkylation sites (tertiary alicyclic amines) is 1.